The molecule has 2 aromatic heterocycles. The Morgan fingerprint density at radius 1 is 1.33 bits per heavy atom. The number of carbonyl (C=O) groups excluding carboxylic acids is 1. The molecule has 2 fully saturated rings. The molecule has 0 aromatic carbocycles. The van der Waals surface area contributed by atoms with Gasteiger partial charge < -0.3 is 14.7 Å². The van der Waals surface area contributed by atoms with E-state index in [2.05, 4.69) is 4.98 Å². The number of aliphatic carboxylic acids is 1. The summed E-state index contributed by atoms with van der Waals surface area (Å²) >= 11 is 3.53. The highest BCUT2D eigenvalue weighted by Gasteiger charge is 2.51. The number of amides is 1. The molecule has 1 N–H and O–H groups in total. The van der Waals surface area contributed by atoms with Gasteiger partial charge in [0.2, 0.25) is 0 Å². The van der Waals surface area contributed by atoms with Crippen molar-refractivity contribution in [1.29, 1.82) is 0 Å². The molecule has 2 aliphatic rings. The van der Waals surface area contributed by atoms with E-state index in [0.29, 0.717) is 6.61 Å². The van der Waals surface area contributed by atoms with E-state index in [1.54, 1.807) is 17.5 Å². The van der Waals surface area contributed by atoms with Gasteiger partial charge in [-0.15, -0.1) is 11.8 Å². The zero-order valence-electron chi connectivity index (χ0n) is 15.7. The van der Waals surface area contributed by atoms with E-state index < -0.39 is 12.1 Å². The molecule has 4 rings (SSSR count). The van der Waals surface area contributed by atoms with Gasteiger partial charge in [-0.05, 0) is 29.5 Å². The van der Waals surface area contributed by atoms with Crippen LogP contribution in [0.15, 0.2) is 41.4 Å². The summed E-state index contributed by atoms with van der Waals surface area (Å²) in [4.78, 5) is 27.3. The number of hydrogen-bond donors (Lipinski definition) is 1. The molecule has 2 aromatic rings. The molecule has 2 saturated heterocycles. The fourth-order valence-electron chi connectivity index (χ4n) is 3.19. The third-order valence-electron chi connectivity index (χ3n) is 4.64. The molecule has 162 valence electrons. The molecular weight excluding hydrogens is 441 g/mol. The Labute approximate surface area is 179 Å². The van der Waals surface area contributed by atoms with Crippen LogP contribution < -0.4 is 0 Å². The Morgan fingerprint density at radius 2 is 2.07 bits per heavy atom. The number of likely N-dealkylation sites (tertiary alicyclic amines) is 1. The summed E-state index contributed by atoms with van der Waals surface area (Å²) in [6.07, 6.45) is -0.149. The lowest BCUT2D eigenvalue weighted by atomic mass is 9.92. The van der Waals surface area contributed by atoms with Gasteiger partial charge in [-0.3, -0.25) is 9.78 Å². The van der Waals surface area contributed by atoms with Crippen molar-refractivity contribution in [2.45, 2.75) is 30.1 Å². The number of carboxylic acids is 1. The van der Waals surface area contributed by atoms with Crippen LogP contribution in [0.2, 0.25) is 0 Å². The van der Waals surface area contributed by atoms with E-state index in [-0.39, 0.29) is 16.8 Å². The first-order chi connectivity index (χ1) is 14.2. The number of carbonyl (C=O) groups is 2. The maximum atomic E-state index is 12.3. The molecule has 0 saturated carbocycles. The number of thioether (sulfide) groups is 1. The fourth-order valence-corrected chi connectivity index (χ4v) is 5.37. The largest absolute Gasteiger partial charge is 0.490 e. The van der Waals surface area contributed by atoms with Gasteiger partial charge in [0.25, 0.3) is 5.91 Å². The molecule has 0 bridgehead atoms. The first-order valence-corrected chi connectivity index (χ1v) is 10.9. The van der Waals surface area contributed by atoms with Crippen molar-refractivity contribution >= 4 is 35.0 Å². The molecule has 1 amide bonds. The van der Waals surface area contributed by atoms with Gasteiger partial charge in [-0.25, -0.2) is 4.79 Å². The number of halogens is 3. The summed E-state index contributed by atoms with van der Waals surface area (Å²) < 4.78 is 38.0. The number of hydrogen-bond acceptors (Lipinski definition) is 6. The molecule has 0 radical (unpaired) electrons. The highest BCUT2D eigenvalue weighted by Crippen LogP contribution is 2.46. The lowest BCUT2D eigenvalue weighted by Crippen LogP contribution is -2.60. The topological polar surface area (TPSA) is 79.7 Å². The molecule has 2 aliphatic heterocycles. The highest BCUT2D eigenvalue weighted by molar-refractivity contribution is 8.01. The van der Waals surface area contributed by atoms with E-state index in [9.17, 15) is 18.0 Å². The molecule has 1 atom stereocenters. The van der Waals surface area contributed by atoms with Crippen molar-refractivity contribution in [2.75, 3.05) is 18.8 Å². The second kappa shape index (κ2) is 9.36. The highest BCUT2D eigenvalue weighted by atomic mass is 32.2. The van der Waals surface area contributed by atoms with E-state index in [0.717, 1.165) is 36.4 Å². The predicted octanol–water partition coefficient (Wildman–Crippen LogP) is 3.69. The van der Waals surface area contributed by atoms with E-state index in [1.807, 2.05) is 51.8 Å². The third kappa shape index (κ3) is 5.73. The van der Waals surface area contributed by atoms with Gasteiger partial charge in [0.15, 0.2) is 0 Å². The van der Waals surface area contributed by atoms with E-state index in [4.69, 9.17) is 14.6 Å². The molecule has 1 unspecified atom stereocenters. The number of pyridine rings is 1. The number of thiophene rings is 1. The zero-order valence-corrected chi connectivity index (χ0v) is 17.3. The Hall–Kier alpha value is -2.11. The Balaban J connectivity index is 0.000000318. The van der Waals surface area contributed by atoms with Crippen LogP contribution in [0.3, 0.4) is 0 Å². The second-order valence-electron chi connectivity index (χ2n) is 6.97. The molecule has 11 heteroatoms. The van der Waals surface area contributed by atoms with Gasteiger partial charge in [0.1, 0.15) is 0 Å². The molecule has 0 aliphatic carbocycles. The van der Waals surface area contributed by atoms with Crippen LogP contribution in [0, 0.1) is 0 Å². The lowest BCUT2D eigenvalue weighted by Gasteiger charge is -2.47. The average molecular weight is 460 g/mol. The van der Waals surface area contributed by atoms with Crippen LogP contribution >= 0.6 is 23.1 Å². The first-order valence-electron chi connectivity index (χ1n) is 8.95. The minimum absolute atomic E-state index is 0.164. The van der Waals surface area contributed by atoms with E-state index in [1.165, 1.54) is 0 Å². The standard InChI is InChI=1S/C17H18N2O2S2.C2HF3O2/c20-16(14-3-5-22-9-14)19-11-17(12-19)6-15(10-23-17)21-8-13-2-1-4-18-7-13;3-2(4,5)1(6)7/h1-5,7,9,15H,6,8,10-12H2;(H,6,7). The maximum absolute atomic E-state index is 12.3. The Kier molecular flexibility index (Phi) is 7.04. The van der Waals surface area contributed by atoms with Gasteiger partial charge in [-0.2, -0.15) is 24.5 Å². The van der Waals surface area contributed by atoms with Crippen molar-refractivity contribution in [1.82, 2.24) is 9.88 Å². The summed E-state index contributed by atoms with van der Waals surface area (Å²) in [7, 11) is 0. The van der Waals surface area contributed by atoms with Gasteiger partial charge in [0, 0.05) is 36.6 Å². The van der Waals surface area contributed by atoms with Crippen molar-refractivity contribution in [3.8, 4) is 0 Å². The summed E-state index contributed by atoms with van der Waals surface area (Å²) in [5.74, 6) is -1.58. The quantitative estimate of drug-likeness (QED) is 0.750. The number of alkyl halides is 3. The lowest BCUT2D eigenvalue weighted by molar-refractivity contribution is -0.192. The second-order valence-corrected chi connectivity index (χ2v) is 9.24. The van der Waals surface area contributed by atoms with Crippen molar-refractivity contribution in [2.24, 2.45) is 0 Å². The number of carboxylic acid groups (broad SMARTS) is 1. The van der Waals surface area contributed by atoms with Crippen LogP contribution in [0.5, 0.6) is 0 Å². The van der Waals surface area contributed by atoms with E-state index >= 15 is 0 Å². The predicted molar refractivity (Wildman–Crippen MR) is 107 cm³/mol. The normalized spacial score (nSPS) is 19.7. The van der Waals surface area contributed by atoms with Crippen molar-refractivity contribution in [3.63, 3.8) is 0 Å². The van der Waals surface area contributed by atoms with Crippen LogP contribution in [-0.2, 0) is 16.1 Å². The minimum Gasteiger partial charge on any atom is -0.475 e. The Morgan fingerprint density at radius 3 is 2.63 bits per heavy atom. The zero-order chi connectivity index (χ0) is 21.8. The summed E-state index contributed by atoms with van der Waals surface area (Å²) in [5, 5.41) is 11.0. The van der Waals surface area contributed by atoms with Crippen LogP contribution in [0.1, 0.15) is 22.3 Å². The van der Waals surface area contributed by atoms with Crippen molar-refractivity contribution in [3.05, 3.63) is 52.5 Å². The smallest absolute Gasteiger partial charge is 0.475 e. The molecule has 4 heterocycles. The van der Waals surface area contributed by atoms with Crippen molar-refractivity contribution < 1.29 is 32.6 Å². The summed E-state index contributed by atoms with van der Waals surface area (Å²) in [5.41, 5.74) is 1.93. The number of aromatic nitrogens is 1. The SMILES string of the molecule is O=C(O)C(F)(F)F.O=C(c1ccsc1)N1CC2(CC(OCc3cccnc3)CS2)C1. The van der Waals surface area contributed by atoms with Crippen LogP contribution in [0.25, 0.3) is 0 Å². The number of nitrogens with zero attached hydrogens (tertiary/aromatic N) is 2. The number of ether oxygens (including phenoxy) is 1. The monoisotopic (exact) mass is 460 g/mol. The Bertz CT molecular complexity index is 856. The molecule has 1 spiro atoms. The van der Waals surface area contributed by atoms with Crippen LogP contribution in [-0.4, -0.2) is 62.7 Å². The first kappa shape index (κ1) is 22.6. The minimum atomic E-state index is -5.08. The summed E-state index contributed by atoms with van der Waals surface area (Å²) in [6, 6.07) is 5.87. The molecule has 30 heavy (non-hydrogen) atoms. The average Bonchev–Trinajstić information content (AvgIpc) is 3.35. The van der Waals surface area contributed by atoms with Gasteiger partial charge >= 0.3 is 12.1 Å². The molecule has 6 nitrogen and oxygen atoms in total. The van der Waals surface area contributed by atoms with Gasteiger partial charge in [-0.1, -0.05) is 6.07 Å². The third-order valence-corrected chi connectivity index (χ3v) is 6.90. The maximum Gasteiger partial charge on any atom is 0.490 e. The van der Waals surface area contributed by atoms with Crippen LogP contribution in [0.4, 0.5) is 13.2 Å². The van der Waals surface area contributed by atoms with Gasteiger partial charge in [0.05, 0.1) is 23.0 Å². The fraction of sp³-hybridized carbons (Fsp3) is 0.421. The molecular formula is C19H19F3N2O4S2. The summed E-state index contributed by atoms with van der Waals surface area (Å²) in [6.45, 7) is 2.31. The number of rotatable bonds is 4.